The lowest BCUT2D eigenvalue weighted by atomic mass is 9.55. The number of ether oxygens (including phenoxy) is 2. The first-order valence-electron chi connectivity index (χ1n) is 10.7. The third kappa shape index (κ3) is 6.08. The standard InChI is InChI=1S/C24H34N2O6/c1-13-9-11-14(12-10-13)26-20(28)16-17(21(29)31-23(2,3)4)15(19(27)25-8)18(16)22(30)32-24(5,6)7/h9-12,15-18H,1-8H3,(H,25,27)(H,26,28). The molecule has 1 saturated carbocycles. The molecule has 8 heteroatoms. The summed E-state index contributed by atoms with van der Waals surface area (Å²) in [5, 5.41) is 5.25. The van der Waals surface area contributed by atoms with Gasteiger partial charge in [-0.05, 0) is 60.6 Å². The van der Waals surface area contributed by atoms with Gasteiger partial charge in [0.15, 0.2) is 0 Å². The number of anilines is 1. The molecule has 2 N–H and O–H groups in total. The number of carbonyl (C=O) groups excluding carboxylic acids is 4. The van der Waals surface area contributed by atoms with Crippen LogP contribution in [0.25, 0.3) is 0 Å². The average Bonchev–Trinajstić information content (AvgIpc) is 2.59. The summed E-state index contributed by atoms with van der Waals surface area (Å²) in [6.07, 6.45) is 0. The highest BCUT2D eigenvalue weighted by Crippen LogP contribution is 2.49. The summed E-state index contributed by atoms with van der Waals surface area (Å²) in [5.41, 5.74) is -0.0991. The lowest BCUT2D eigenvalue weighted by molar-refractivity contribution is -0.194. The summed E-state index contributed by atoms with van der Waals surface area (Å²) < 4.78 is 11.0. The molecule has 0 radical (unpaired) electrons. The zero-order chi connectivity index (χ0) is 24.4. The summed E-state index contributed by atoms with van der Waals surface area (Å²) in [5.74, 6) is -6.86. The Labute approximate surface area is 189 Å². The predicted molar refractivity (Wildman–Crippen MR) is 120 cm³/mol. The van der Waals surface area contributed by atoms with Crippen molar-refractivity contribution in [2.75, 3.05) is 12.4 Å². The average molecular weight is 447 g/mol. The van der Waals surface area contributed by atoms with Crippen LogP contribution in [-0.2, 0) is 28.7 Å². The van der Waals surface area contributed by atoms with Crippen LogP contribution >= 0.6 is 0 Å². The smallest absolute Gasteiger partial charge is 0.311 e. The van der Waals surface area contributed by atoms with Crippen LogP contribution in [0.3, 0.4) is 0 Å². The Morgan fingerprint density at radius 3 is 1.50 bits per heavy atom. The fourth-order valence-electron chi connectivity index (χ4n) is 3.76. The van der Waals surface area contributed by atoms with Gasteiger partial charge in [0.1, 0.15) is 11.2 Å². The largest absolute Gasteiger partial charge is 0.460 e. The van der Waals surface area contributed by atoms with E-state index in [1.54, 1.807) is 53.7 Å². The third-order valence-corrected chi connectivity index (χ3v) is 5.08. The van der Waals surface area contributed by atoms with E-state index in [1.807, 2.05) is 19.1 Å². The zero-order valence-electron chi connectivity index (χ0n) is 20.1. The molecule has 0 aliphatic heterocycles. The van der Waals surface area contributed by atoms with Gasteiger partial charge < -0.3 is 20.1 Å². The molecule has 8 nitrogen and oxygen atoms in total. The minimum Gasteiger partial charge on any atom is -0.460 e. The van der Waals surface area contributed by atoms with Crippen LogP contribution in [0.1, 0.15) is 47.1 Å². The molecule has 32 heavy (non-hydrogen) atoms. The van der Waals surface area contributed by atoms with Crippen molar-refractivity contribution in [3.63, 3.8) is 0 Å². The molecule has 0 bridgehead atoms. The minimum atomic E-state index is -1.11. The van der Waals surface area contributed by atoms with Gasteiger partial charge in [0.05, 0.1) is 23.7 Å². The van der Waals surface area contributed by atoms with Crippen molar-refractivity contribution in [3.05, 3.63) is 29.8 Å². The molecule has 1 aliphatic carbocycles. The number of benzene rings is 1. The van der Waals surface area contributed by atoms with Crippen LogP contribution in [0.4, 0.5) is 5.69 Å². The minimum absolute atomic E-state index is 0.517. The van der Waals surface area contributed by atoms with Gasteiger partial charge in [0.2, 0.25) is 11.8 Å². The van der Waals surface area contributed by atoms with E-state index in [-0.39, 0.29) is 0 Å². The van der Waals surface area contributed by atoms with E-state index in [0.717, 1.165) is 5.56 Å². The van der Waals surface area contributed by atoms with E-state index in [4.69, 9.17) is 9.47 Å². The molecule has 176 valence electrons. The van der Waals surface area contributed by atoms with Gasteiger partial charge in [-0.25, -0.2) is 0 Å². The van der Waals surface area contributed by atoms with Crippen LogP contribution in [0.5, 0.6) is 0 Å². The Bertz CT molecular complexity index is 843. The molecule has 1 fully saturated rings. The lowest BCUT2D eigenvalue weighted by Crippen LogP contribution is -2.63. The van der Waals surface area contributed by atoms with Crippen LogP contribution < -0.4 is 10.6 Å². The van der Waals surface area contributed by atoms with Gasteiger partial charge in [-0.2, -0.15) is 0 Å². The molecule has 0 aromatic heterocycles. The van der Waals surface area contributed by atoms with Crippen LogP contribution in [0.15, 0.2) is 24.3 Å². The quantitative estimate of drug-likeness (QED) is 0.673. The summed E-state index contributed by atoms with van der Waals surface area (Å²) >= 11 is 0. The molecule has 1 aromatic rings. The monoisotopic (exact) mass is 446 g/mol. The summed E-state index contributed by atoms with van der Waals surface area (Å²) in [7, 11) is 1.42. The Kier molecular flexibility index (Phi) is 7.37. The molecule has 0 heterocycles. The summed E-state index contributed by atoms with van der Waals surface area (Å²) in [4.78, 5) is 51.9. The third-order valence-electron chi connectivity index (χ3n) is 5.08. The first-order valence-corrected chi connectivity index (χ1v) is 10.7. The van der Waals surface area contributed by atoms with Crippen LogP contribution in [0.2, 0.25) is 0 Å². The van der Waals surface area contributed by atoms with Gasteiger partial charge >= 0.3 is 11.9 Å². The lowest BCUT2D eigenvalue weighted by Gasteiger charge is -2.47. The van der Waals surface area contributed by atoms with Gasteiger partial charge in [0, 0.05) is 12.7 Å². The van der Waals surface area contributed by atoms with E-state index >= 15 is 0 Å². The van der Waals surface area contributed by atoms with Gasteiger partial charge in [0.25, 0.3) is 0 Å². The maximum Gasteiger partial charge on any atom is 0.311 e. The number of esters is 2. The van der Waals surface area contributed by atoms with Gasteiger partial charge in [-0.3, -0.25) is 19.2 Å². The van der Waals surface area contributed by atoms with Crippen molar-refractivity contribution in [1.82, 2.24) is 5.32 Å². The Hall–Kier alpha value is -2.90. The van der Waals surface area contributed by atoms with Crippen molar-refractivity contribution in [2.45, 2.75) is 59.7 Å². The Balaban J connectivity index is 2.43. The molecule has 1 aliphatic rings. The Morgan fingerprint density at radius 2 is 1.12 bits per heavy atom. The van der Waals surface area contributed by atoms with Crippen molar-refractivity contribution >= 4 is 29.4 Å². The highest BCUT2D eigenvalue weighted by atomic mass is 16.6. The maximum absolute atomic E-state index is 13.2. The first-order chi connectivity index (χ1) is 14.6. The summed E-state index contributed by atoms with van der Waals surface area (Å²) in [6.45, 7) is 12.1. The molecule has 2 rings (SSSR count). The highest BCUT2D eigenvalue weighted by molar-refractivity contribution is 6.04. The van der Waals surface area contributed by atoms with Gasteiger partial charge in [-0.15, -0.1) is 0 Å². The number of amides is 2. The maximum atomic E-state index is 13.2. The molecule has 2 atom stereocenters. The molecular weight excluding hydrogens is 412 g/mol. The van der Waals surface area contributed by atoms with E-state index in [1.165, 1.54) is 7.05 Å². The molecule has 2 amide bonds. The van der Waals surface area contributed by atoms with Crippen molar-refractivity contribution < 1.29 is 28.7 Å². The topological polar surface area (TPSA) is 111 Å². The SMILES string of the molecule is CNC(=O)C1C(C(=O)OC(C)(C)C)C(C(=O)Nc2ccc(C)cc2)C1C(=O)OC(C)(C)C. The highest BCUT2D eigenvalue weighted by Gasteiger charge is 2.64. The number of aryl methyl sites for hydroxylation is 1. The van der Waals surface area contributed by atoms with Crippen molar-refractivity contribution in [3.8, 4) is 0 Å². The number of rotatable bonds is 5. The summed E-state index contributed by atoms with van der Waals surface area (Å²) in [6, 6.07) is 7.13. The molecule has 2 unspecified atom stereocenters. The molecule has 0 saturated heterocycles. The van der Waals surface area contributed by atoms with Gasteiger partial charge in [-0.1, -0.05) is 17.7 Å². The number of hydrogen-bond acceptors (Lipinski definition) is 6. The van der Waals surface area contributed by atoms with E-state index in [0.29, 0.717) is 5.69 Å². The fourth-order valence-corrected chi connectivity index (χ4v) is 3.76. The van der Waals surface area contributed by atoms with Crippen molar-refractivity contribution in [1.29, 1.82) is 0 Å². The van der Waals surface area contributed by atoms with E-state index in [2.05, 4.69) is 10.6 Å². The Morgan fingerprint density at radius 1 is 0.719 bits per heavy atom. The molecule has 1 aromatic carbocycles. The number of hydrogen-bond donors (Lipinski definition) is 2. The second-order valence-corrected chi connectivity index (χ2v) is 10.1. The fraction of sp³-hybridized carbons (Fsp3) is 0.583. The predicted octanol–water partition coefficient (Wildman–Crippen LogP) is 2.84. The second kappa shape index (κ2) is 9.30. The van der Waals surface area contributed by atoms with Crippen LogP contribution in [0, 0.1) is 30.6 Å². The van der Waals surface area contributed by atoms with Crippen molar-refractivity contribution in [2.24, 2.45) is 23.7 Å². The van der Waals surface area contributed by atoms with Crippen LogP contribution in [-0.4, -0.2) is 42.0 Å². The molecular formula is C24H34N2O6. The number of carbonyl (C=O) groups is 4. The normalized spacial score (nSPS) is 22.9. The first kappa shape index (κ1) is 25.4. The molecule has 0 spiro atoms. The number of nitrogens with one attached hydrogen (secondary N) is 2. The van der Waals surface area contributed by atoms with E-state index in [9.17, 15) is 19.2 Å². The zero-order valence-corrected chi connectivity index (χ0v) is 20.1. The van der Waals surface area contributed by atoms with E-state index < -0.39 is 58.6 Å². The second-order valence-electron chi connectivity index (χ2n) is 10.1.